The summed E-state index contributed by atoms with van der Waals surface area (Å²) in [5.74, 6) is 0.629. The van der Waals surface area contributed by atoms with Crippen LogP contribution in [0.5, 0.6) is 0 Å². The molecule has 1 saturated heterocycles. The first kappa shape index (κ1) is 14.3. The molecule has 100 valence electrons. The first-order chi connectivity index (χ1) is 8.60. The van der Waals surface area contributed by atoms with Gasteiger partial charge in [0.15, 0.2) is 0 Å². The van der Waals surface area contributed by atoms with Crippen molar-refractivity contribution in [1.29, 1.82) is 0 Å². The lowest BCUT2D eigenvalue weighted by atomic mass is 9.90. The van der Waals surface area contributed by atoms with Crippen molar-refractivity contribution < 1.29 is 0 Å². The van der Waals surface area contributed by atoms with Crippen molar-refractivity contribution in [2.45, 2.75) is 32.4 Å². The minimum Gasteiger partial charge on any atom is -0.327 e. The molecule has 1 aromatic rings. The van der Waals surface area contributed by atoms with Gasteiger partial charge in [-0.25, -0.2) is 0 Å². The second-order valence-corrected chi connectivity index (χ2v) is 6.38. The summed E-state index contributed by atoms with van der Waals surface area (Å²) in [5, 5.41) is 0.776. The van der Waals surface area contributed by atoms with E-state index in [0.29, 0.717) is 12.0 Å². The number of nitrogens with two attached hydrogens (primary N) is 1. The molecule has 2 atom stereocenters. The van der Waals surface area contributed by atoms with E-state index >= 15 is 0 Å². The number of hydrogen-bond acceptors (Lipinski definition) is 2. The van der Waals surface area contributed by atoms with E-state index in [1.165, 1.54) is 12.0 Å². The average molecular weight is 332 g/mol. The van der Waals surface area contributed by atoms with E-state index in [-0.39, 0.29) is 0 Å². The smallest absolute Gasteiger partial charge is 0.0417 e. The van der Waals surface area contributed by atoms with Crippen LogP contribution in [0.25, 0.3) is 0 Å². The molecule has 0 saturated carbocycles. The molecule has 1 aliphatic rings. The zero-order valence-electron chi connectivity index (χ0n) is 10.7. The van der Waals surface area contributed by atoms with Gasteiger partial charge in [-0.3, -0.25) is 4.90 Å². The van der Waals surface area contributed by atoms with Gasteiger partial charge < -0.3 is 5.73 Å². The molecule has 0 aromatic heterocycles. The normalized spacial score (nSPS) is 25.3. The quantitative estimate of drug-likeness (QED) is 0.916. The van der Waals surface area contributed by atoms with Crippen molar-refractivity contribution in [1.82, 2.24) is 4.90 Å². The maximum absolute atomic E-state index is 6.14. The van der Waals surface area contributed by atoms with Gasteiger partial charge in [-0.2, -0.15) is 0 Å². The Morgan fingerprint density at radius 3 is 2.94 bits per heavy atom. The van der Waals surface area contributed by atoms with Gasteiger partial charge in [0.05, 0.1) is 0 Å². The van der Waals surface area contributed by atoms with E-state index in [1.807, 2.05) is 12.1 Å². The highest BCUT2D eigenvalue weighted by Crippen LogP contribution is 2.25. The Morgan fingerprint density at radius 1 is 1.50 bits per heavy atom. The summed E-state index contributed by atoms with van der Waals surface area (Å²) in [6.07, 6.45) is 2.27. The standard InChI is InChI=1S/C14H20BrClN2/c1-2-10-8-18(6-5-14(10)17)9-11-3-4-12(16)7-13(11)15/h3-4,7,10,14H,2,5-6,8-9,17H2,1H3. The Balaban J connectivity index is 2.01. The average Bonchev–Trinajstić information content (AvgIpc) is 2.35. The van der Waals surface area contributed by atoms with E-state index in [4.69, 9.17) is 17.3 Å². The summed E-state index contributed by atoms with van der Waals surface area (Å²) in [5.41, 5.74) is 7.44. The molecule has 2 unspecified atom stereocenters. The lowest BCUT2D eigenvalue weighted by Crippen LogP contribution is -2.46. The zero-order valence-corrected chi connectivity index (χ0v) is 13.0. The molecule has 0 radical (unpaired) electrons. The van der Waals surface area contributed by atoms with Crippen LogP contribution < -0.4 is 5.73 Å². The molecule has 0 aliphatic carbocycles. The van der Waals surface area contributed by atoms with E-state index in [1.54, 1.807) is 0 Å². The van der Waals surface area contributed by atoms with Crippen molar-refractivity contribution in [2.24, 2.45) is 11.7 Å². The molecule has 2 N–H and O–H groups in total. The summed E-state index contributed by atoms with van der Waals surface area (Å²) < 4.78 is 1.10. The van der Waals surface area contributed by atoms with Crippen LogP contribution in [0.4, 0.5) is 0 Å². The van der Waals surface area contributed by atoms with Gasteiger partial charge in [0.2, 0.25) is 0 Å². The second kappa shape index (κ2) is 6.38. The summed E-state index contributed by atoms with van der Waals surface area (Å²) in [6.45, 7) is 5.40. The van der Waals surface area contributed by atoms with Crippen LogP contribution in [-0.2, 0) is 6.54 Å². The molecule has 0 bridgehead atoms. The van der Waals surface area contributed by atoms with Gasteiger partial charge in [-0.1, -0.05) is 46.9 Å². The van der Waals surface area contributed by atoms with E-state index < -0.39 is 0 Å². The maximum Gasteiger partial charge on any atom is 0.0417 e. The predicted octanol–water partition coefficient (Wildman–Crippen LogP) is 3.66. The van der Waals surface area contributed by atoms with Gasteiger partial charge in [-0.05, 0) is 36.6 Å². The molecule has 18 heavy (non-hydrogen) atoms. The summed E-state index contributed by atoms with van der Waals surface area (Å²) in [6, 6.07) is 6.39. The molecule has 4 heteroatoms. The van der Waals surface area contributed by atoms with E-state index in [2.05, 4.69) is 33.8 Å². The highest BCUT2D eigenvalue weighted by Gasteiger charge is 2.25. The van der Waals surface area contributed by atoms with E-state index in [0.717, 1.165) is 35.6 Å². The molecule has 1 aliphatic heterocycles. The monoisotopic (exact) mass is 330 g/mol. The Bertz CT molecular complexity index is 411. The highest BCUT2D eigenvalue weighted by atomic mass is 79.9. The number of benzene rings is 1. The highest BCUT2D eigenvalue weighted by molar-refractivity contribution is 9.10. The van der Waals surface area contributed by atoms with Gasteiger partial charge in [-0.15, -0.1) is 0 Å². The largest absolute Gasteiger partial charge is 0.327 e. The van der Waals surface area contributed by atoms with Crippen LogP contribution in [-0.4, -0.2) is 24.0 Å². The van der Waals surface area contributed by atoms with Crippen LogP contribution >= 0.6 is 27.5 Å². The number of likely N-dealkylation sites (tertiary alicyclic amines) is 1. The summed E-state index contributed by atoms with van der Waals surface area (Å²) in [4.78, 5) is 2.49. The molecule has 1 fully saturated rings. The van der Waals surface area contributed by atoms with Gasteiger partial charge in [0.1, 0.15) is 0 Å². The third kappa shape index (κ3) is 3.47. The molecular weight excluding hydrogens is 312 g/mol. The molecule has 1 heterocycles. The third-order valence-electron chi connectivity index (χ3n) is 3.81. The fourth-order valence-electron chi connectivity index (χ4n) is 2.59. The minimum atomic E-state index is 0.375. The van der Waals surface area contributed by atoms with Gasteiger partial charge in [0, 0.05) is 28.6 Å². The van der Waals surface area contributed by atoms with Crippen molar-refractivity contribution in [3.8, 4) is 0 Å². The van der Waals surface area contributed by atoms with Crippen molar-refractivity contribution in [3.63, 3.8) is 0 Å². The van der Waals surface area contributed by atoms with Gasteiger partial charge >= 0.3 is 0 Å². The van der Waals surface area contributed by atoms with Crippen LogP contribution in [0, 0.1) is 5.92 Å². The molecule has 0 amide bonds. The fourth-order valence-corrected chi connectivity index (χ4v) is 3.40. The molecule has 0 spiro atoms. The maximum atomic E-state index is 6.14. The van der Waals surface area contributed by atoms with Crippen molar-refractivity contribution in [2.75, 3.05) is 13.1 Å². The topological polar surface area (TPSA) is 29.3 Å². The van der Waals surface area contributed by atoms with Crippen molar-refractivity contribution >= 4 is 27.5 Å². The number of rotatable bonds is 3. The van der Waals surface area contributed by atoms with Crippen LogP contribution in [0.1, 0.15) is 25.3 Å². The number of hydrogen-bond donors (Lipinski definition) is 1. The Kier molecular flexibility index (Phi) is 5.07. The minimum absolute atomic E-state index is 0.375. The van der Waals surface area contributed by atoms with Crippen LogP contribution in [0.15, 0.2) is 22.7 Å². The SMILES string of the molecule is CCC1CN(Cc2ccc(Cl)cc2Br)CCC1N. The molecular formula is C14H20BrClN2. The first-order valence-corrected chi connectivity index (χ1v) is 7.69. The fraction of sp³-hybridized carbons (Fsp3) is 0.571. The Labute approximate surface area is 123 Å². The number of piperidine rings is 1. The lowest BCUT2D eigenvalue weighted by Gasteiger charge is -2.36. The predicted molar refractivity (Wildman–Crippen MR) is 80.8 cm³/mol. The van der Waals surface area contributed by atoms with Crippen molar-refractivity contribution in [3.05, 3.63) is 33.3 Å². The molecule has 1 aromatic carbocycles. The summed E-state index contributed by atoms with van der Waals surface area (Å²) >= 11 is 9.55. The zero-order chi connectivity index (χ0) is 13.1. The van der Waals surface area contributed by atoms with Crippen LogP contribution in [0.3, 0.4) is 0 Å². The first-order valence-electron chi connectivity index (χ1n) is 6.52. The van der Waals surface area contributed by atoms with E-state index in [9.17, 15) is 0 Å². The second-order valence-electron chi connectivity index (χ2n) is 5.09. The lowest BCUT2D eigenvalue weighted by molar-refractivity contribution is 0.145. The Hall–Kier alpha value is -0.0900. The Morgan fingerprint density at radius 2 is 2.28 bits per heavy atom. The molecule has 2 rings (SSSR count). The third-order valence-corrected chi connectivity index (χ3v) is 4.78. The number of nitrogens with zero attached hydrogens (tertiary/aromatic N) is 1. The van der Waals surface area contributed by atoms with Gasteiger partial charge in [0.25, 0.3) is 0 Å². The summed E-state index contributed by atoms with van der Waals surface area (Å²) in [7, 11) is 0. The number of halogens is 2. The van der Waals surface area contributed by atoms with Crippen LogP contribution in [0.2, 0.25) is 5.02 Å². The molecule has 2 nitrogen and oxygen atoms in total.